The Morgan fingerprint density at radius 2 is 1.47 bits per heavy atom. The molecule has 11 heteroatoms. The molecule has 0 aliphatic rings. The van der Waals surface area contributed by atoms with Gasteiger partial charge in [0.15, 0.2) is 0 Å². The van der Waals surface area contributed by atoms with Crippen molar-refractivity contribution in [1.82, 2.24) is 10.3 Å². The van der Waals surface area contributed by atoms with Gasteiger partial charge in [0.05, 0.1) is 15.7 Å². The Balaban J connectivity index is 1.28. The number of amides is 4. The number of nitrogens with zero attached hydrogens (tertiary/aromatic N) is 2. The minimum Gasteiger partial charge on any atom is -0.444 e. The summed E-state index contributed by atoms with van der Waals surface area (Å²) in [6.07, 6.45) is -0.311. The van der Waals surface area contributed by atoms with E-state index in [2.05, 4.69) is 20.9 Å². The topological polar surface area (TPSA) is 130 Å². The number of nitrogens with one attached hydrogen (secondary N) is 3. The van der Waals surface area contributed by atoms with Crippen molar-refractivity contribution in [2.24, 2.45) is 0 Å². The normalized spacial score (nSPS) is 11.7. The summed E-state index contributed by atoms with van der Waals surface area (Å²) in [4.78, 5) is 58.3. The smallest absolute Gasteiger partial charge is 0.412 e. The number of aromatic nitrogens is 1. The van der Waals surface area contributed by atoms with Gasteiger partial charge in [-0.1, -0.05) is 36.4 Å². The molecule has 0 fully saturated rings. The maximum Gasteiger partial charge on any atom is 0.412 e. The lowest BCUT2D eigenvalue weighted by Gasteiger charge is -2.25. The summed E-state index contributed by atoms with van der Waals surface area (Å²) < 4.78 is 6.27. The summed E-state index contributed by atoms with van der Waals surface area (Å²) in [6.45, 7) is 5.32. The van der Waals surface area contributed by atoms with Crippen molar-refractivity contribution in [1.29, 1.82) is 0 Å². The molecule has 0 bridgehead atoms. The maximum atomic E-state index is 13.8. The first-order valence-corrected chi connectivity index (χ1v) is 15.8. The van der Waals surface area contributed by atoms with Crippen LogP contribution in [0.25, 0.3) is 10.2 Å². The van der Waals surface area contributed by atoms with Crippen molar-refractivity contribution in [2.45, 2.75) is 38.8 Å². The van der Waals surface area contributed by atoms with Crippen molar-refractivity contribution in [3.05, 3.63) is 119 Å². The Kier molecular flexibility index (Phi) is 9.96. The third kappa shape index (κ3) is 8.80. The molecule has 0 aliphatic heterocycles. The molecule has 0 aliphatic carbocycles. The number of anilines is 3. The van der Waals surface area contributed by atoms with Crippen LogP contribution in [-0.2, 0) is 16.0 Å². The van der Waals surface area contributed by atoms with E-state index < -0.39 is 29.6 Å². The van der Waals surface area contributed by atoms with Crippen LogP contribution in [0, 0.1) is 0 Å². The fourth-order valence-corrected chi connectivity index (χ4v) is 5.43. The van der Waals surface area contributed by atoms with Crippen molar-refractivity contribution < 1.29 is 23.9 Å². The zero-order valence-corrected chi connectivity index (χ0v) is 27.3. The van der Waals surface area contributed by atoms with Crippen LogP contribution in [0.5, 0.6) is 0 Å². The number of hydrogen-bond donors (Lipinski definition) is 3. The lowest BCUT2D eigenvalue weighted by molar-refractivity contribution is -0.120. The van der Waals surface area contributed by atoms with E-state index in [1.54, 1.807) is 75.8 Å². The summed E-state index contributed by atoms with van der Waals surface area (Å²) in [7, 11) is 1.67. The monoisotopic (exact) mass is 649 g/mol. The SMILES string of the molecule is CN(C(=O)[C@H](Cc1ccccc1)NC(=O)c1cccc(C(=O)Nc2ccc(NC(=O)OC(C)(C)C)cc2)c1)c1ccc2scnc2c1. The highest BCUT2D eigenvalue weighted by molar-refractivity contribution is 7.16. The van der Waals surface area contributed by atoms with E-state index >= 15 is 0 Å². The minimum atomic E-state index is -0.883. The molecule has 5 rings (SSSR count). The highest BCUT2D eigenvalue weighted by Gasteiger charge is 2.26. The molecule has 0 saturated heterocycles. The molecule has 3 N–H and O–H groups in total. The first kappa shape index (κ1) is 32.8. The average Bonchev–Trinajstić information content (AvgIpc) is 3.52. The standard InChI is InChI=1S/C36H35N5O5S/c1-36(2,3)46-35(45)39-27-15-13-26(14-16-27)38-32(42)24-11-8-12-25(20-24)33(43)40-30(19-23-9-6-5-7-10-23)34(44)41(4)28-17-18-31-29(21-28)37-22-47-31/h5-18,20-22,30H,19H2,1-4H3,(H,38,42)(H,39,45)(H,40,43)/t30-/m0/s1. The molecule has 1 heterocycles. The largest absolute Gasteiger partial charge is 0.444 e. The summed E-state index contributed by atoms with van der Waals surface area (Å²) in [5.41, 5.74) is 4.94. The van der Waals surface area contributed by atoms with E-state index in [0.29, 0.717) is 17.1 Å². The molecule has 0 radical (unpaired) electrons. The van der Waals surface area contributed by atoms with Gasteiger partial charge >= 0.3 is 6.09 Å². The van der Waals surface area contributed by atoms with E-state index in [1.165, 1.54) is 22.3 Å². The second-order valence-electron chi connectivity index (χ2n) is 11.9. The van der Waals surface area contributed by atoms with Crippen LogP contribution >= 0.6 is 11.3 Å². The maximum absolute atomic E-state index is 13.8. The first-order valence-electron chi connectivity index (χ1n) is 14.9. The lowest BCUT2D eigenvalue weighted by Crippen LogP contribution is -2.48. The summed E-state index contributed by atoms with van der Waals surface area (Å²) in [5.74, 6) is -1.22. The molecule has 10 nitrogen and oxygen atoms in total. The molecule has 1 aromatic heterocycles. The predicted molar refractivity (Wildman–Crippen MR) is 185 cm³/mol. The molecule has 4 amide bonds. The van der Waals surface area contributed by atoms with Crippen molar-refractivity contribution in [3.8, 4) is 0 Å². The van der Waals surface area contributed by atoms with Crippen LogP contribution in [-0.4, -0.2) is 47.5 Å². The molecule has 0 saturated carbocycles. The third-order valence-electron chi connectivity index (χ3n) is 7.09. The Hall–Kier alpha value is -5.55. The van der Waals surface area contributed by atoms with Crippen molar-refractivity contribution in [3.63, 3.8) is 0 Å². The van der Waals surface area contributed by atoms with Gasteiger partial charge in [-0.15, -0.1) is 11.3 Å². The number of carbonyl (C=O) groups excluding carboxylic acids is 4. The Labute approximate surface area is 276 Å². The van der Waals surface area contributed by atoms with Gasteiger partial charge in [-0.3, -0.25) is 19.7 Å². The van der Waals surface area contributed by atoms with Crippen LogP contribution in [0.1, 0.15) is 47.1 Å². The van der Waals surface area contributed by atoms with Gasteiger partial charge in [0.2, 0.25) is 5.91 Å². The quantitative estimate of drug-likeness (QED) is 0.159. The zero-order chi connectivity index (χ0) is 33.6. The molecular weight excluding hydrogens is 614 g/mol. The van der Waals surface area contributed by atoms with E-state index in [1.807, 2.05) is 48.5 Å². The predicted octanol–water partition coefficient (Wildman–Crippen LogP) is 6.90. The minimum absolute atomic E-state index is 0.229. The molecule has 47 heavy (non-hydrogen) atoms. The molecule has 0 spiro atoms. The molecule has 1 atom stereocenters. The second kappa shape index (κ2) is 14.3. The molecule has 0 unspecified atom stereocenters. The second-order valence-corrected chi connectivity index (χ2v) is 12.7. The lowest BCUT2D eigenvalue weighted by atomic mass is 10.0. The van der Waals surface area contributed by atoms with Gasteiger partial charge in [0.25, 0.3) is 11.8 Å². The van der Waals surface area contributed by atoms with Crippen LogP contribution in [0.4, 0.5) is 21.9 Å². The van der Waals surface area contributed by atoms with Crippen molar-refractivity contribution >= 4 is 62.4 Å². The number of thiazole rings is 1. The first-order chi connectivity index (χ1) is 22.4. The number of benzene rings is 4. The van der Waals surface area contributed by atoms with E-state index in [4.69, 9.17) is 4.74 Å². The highest BCUT2D eigenvalue weighted by Crippen LogP contribution is 2.24. The van der Waals surface area contributed by atoms with Gasteiger partial charge in [0, 0.05) is 41.7 Å². The molecule has 5 aromatic rings. The van der Waals surface area contributed by atoms with Gasteiger partial charge in [-0.05, 0) is 87.0 Å². The third-order valence-corrected chi connectivity index (χ3v) is 7.90. The molecule has 4 aromatic carbocycles. The fraction of sp³-hybridized carbons (Fsp3) is 0.194. The Bertz CT molecular complexity index is 1900. The van der Waals surface area contributed by atoms with Crippen LogP contribution in [0.2, 0.25) is 0 Å². The molecular formula is C36H35N5O5S. The number of fused-ring (bicyclic) bond motifs is 1. The van der Waals surface area contributed by atoms with E-state index in [-0.39, 0.29) is 23.5 Å². The van der Waals surface area contributed by atoms with Crippen molar-refractivity contribution in [2.75, 3.05) is 22.6 Å². The zero-order valence-electron chi connectivity index (χ0n) is 26.4. The van der Waals surface area contributed by atoms with Crippen LogP contribution in [0.3, 0.4) is 0 Å². The average molecular weight is 650 g/mol. The number of likely N-dealkylation sites (N-methyl/N-ethyl adjacent to an activating group) is 1. The number of rotatable bonds is 9. The Morgan fingerprint density at radius 1 is 0.809 bits per heavy atom. The summed E-state index contributed by atoms with van der Waals surface area (Å²) in [5, 5.41) is 8.34. The van der Waals surface area contributed by atoms with Gasteiger partial charge in [-0.25, -0.2) is 9.78 Å². The highest BCUT2D eigenvalue weighted by atomic mass is 32.1. The Morgan fingerprint density at radius 3 is 2.15 bits per heavy atom. The van der Waals surface area contributed by atoms with E-state index in [9.17, 15) is 19.2 Å². The summed E-state index contributed by atoms with van der Waals surface area (Å²) in [6, 6.07) is 27.0. The fourth-order valence-electron chi connectivity index (χ4n) is 4.77. The van der Waals surface area contributed by atoms with Gasteiger partial charge in [0.1, 0.15) is 11.6 Å². The van der Waals surface area contributed by atoms with Gasteiger partial charge < -0.3 is 20.3 Å². The van der Waals surface area contributed by atoms with Crippen LogP contribution < -0.4 is 20.9 Å². The van der Waals surface area contributed by atoms with Crippen LogP contribution in [0.15, 0.2) is 103 Å². The number of carbonyl (C=O) groups is 4. The molecule has 240 valence electrons. The summed E-state index contributed by atoms with van der Waals surface area (Å²) >= 11 is 1.52. The van der Waals surface area contributed by atoms with E-state index in [0.717, 1.165) is 15.8 Å². The van der Waals surface area contributed by atoms with Gasteiger partial charge in [-0.2, -0.15) is 0 Å². The number of hydrogen-bond acceptors (Lipinski definition) is 7. The number of ether oxygens (including phenoxy) is 1.